The fourth-order valence-corrected chi connectivity index (χ4v) is 6.43. The van der Waals surface area contributed by atoms with E-state index in [4.69, 9.17) is 14.1 Å². The molecule has 33 heavy (non-hydrogen) atoms. The number of thioether (sulfide) groups is 1. The molecule has 0 atom stereocenters. The van der Waals surface area contributed by atoms with Crippen LogP contribution in [0.5, 0.6) is 0 Å². The molecule has 0 fully saturated rings. The molecular weight excluding hydrogens is 457 g/mol. The summed E-state index contributed by atoms with van der Waals surface area (Å²) in [6.45, 7) is 4.71. The molecule has 1 aromatic carbocycles. The van der Waals surface area contributed by atoms with Gasteiger partial charge in [0.2, 0.25) is 0 Å². The van der Waals surface area contributed by atoms with Crippen LogP contribution in [0.4, 0.5) is 4.39 Å². The summed E-state index contributed by atoms with van der Waals surface area (Å²) in [5.41, 5.74) is 4.82. The Hall–Kier alpha value is -2.81. The van der Waals surface area contributed by atoms with Gasteiger partial charge in [0, 0.05) is 23.1 Å². The summed E-state index contributed by atoms with van der Waals surface area (Å²) in [6, 6.07) is 10.4. The lowest BCUT2D eigenvalue weighted by molar-refractivity contribution is -0.0395. The van der Waals surface area contributed by atoms with E-state index >= 15 is 0 Å². The molecule has 8 heteroatoms. The molecule has 4 aromatic heterocycles. The van der Waals surface area contributed by atoms with Gasteiger partial charge < -0.3 is 9.15 Å². The van der Waals surface area contributed by atoms with Crippen LogP contribution >= 0.6 is 23.1 Å². The number of fused-ring (bicyclic) bond motifs is 5. The number of pyridine rings is 1. The summed E-state index contributed by atoms with van der Waals surface area (Å²) < 4.78 is 26.1. The molecule has 6 rings (SSSR count). The molecule has 5 aromatic rings. The SMILES string of the molecule is CC1(C)Cc2c(c(-c3ccco3)nc3sc4c(SCc5ccc(F)cc5)ncnc4c23)CO1. The van der Waals surface area contributed by atoms with Crippen molar-refractivity contribution in [2.45, 2.75) is 43.3 Å². The maximum atomic E-state index is 13.3. The molecule has 0 amide bonds. The number of rotatable bonds is 4. The van der Waals surface area contributed by atoms with Gasteiger partial charge in [-0.05, 0) is 49.2 Å². The first-order valence-corrected chi connectivity index (χ1v) is 12.4. The van der Waals surface area contributed by atoms with Crippen molar-refractivity contribution >= 4 is 43.5 Å². The van der Waals surface area contributed by atoms with E-state index in [9.17, 15) is 4.39 Å². The summed E-state index contributed by atoms with van der Waals surface area (Å²) in [6.07, 6.45) is 4.06. The van der Waals surface area contributed by atoms with Crippen molar-refractivity contribution in [1.82, 2.24) is 15.0 Å². The van der Waals surface area contributed by atoms with Crippen LogP contribution in [0.3, 0.4) is 0 Å². The largest absolute Gasteiger partial charge is 0.463 e. The normalized spacial score (nSPS) is 15.2. The van der Waals surface area contributed by atoms with E-state index in [0.717, 1.165) is 54.5 Å². The van der Waals surface area contributed by atoms with Crippen LogP contribution in [0.2, 0.25) is 0 Å². The molecule has 0 aliphatic carbocycles. The topological polar surface area (TPSA) is 61.0 Å². The fourth-order valence-electron chi connectivity index (χ4n) is 4.24. The minimum atomic E-state index is -0.275. The number of hydrogen-bond donors (Lipinski definition) is 0. The predicted molar refractivity (Wildman–Crippen MR) is 129 cm³/mol. The minimum Gasteiger partial charge on any atom is -0.463 e. The Kier molecular flexibility index (Phi) is 4.97. The van der Waals surface area contributed by atoms with Crippen LogP contribution in [0.25, 0.3) is 31.9 Å². The molecule has 0 saturated carbocycles. The van der Waals surface area contributed by atoms with Crippen molar-refractivity contribution in [3.63, 3.8) is 0 Å². The minimum absolute atomic E-state index is 0.229. The summed E-state index contributed by atoms with van der Waals surface area (Å²) >= 11 is 3.24. The van der Waals surface area contributed by atoms with Gasteiger partial charge in [0.15, 0.2) is 5.76 Å². The molecule has 166 valence electrons. The molecule has 0 unspecified atom stereocenters. The highest BCUT2D eigenvalue weighted by Crippen LogP contribution is 2.44. The van der Waals surface area contributed by atoms with Crippen LogP contribution < -0.4 is 0 Å². The lowest BCUT2D eigenvalue weighted by Gasteiger charge is -2.32. The number of ether oxygens (including phenoxy) is 1. The third-order valence-electron chi connectivity index (χ3n) is 5.84. The number of furan rings is 1. The van der Waals surface area contributed by atoms with Crippen molar-refractivity contribution < 1.29 is 13.5 Å². The van der Waals surface area contributed by atoms with Crippen molar-refractivity contribution in [3.05, 3.63) is 71.5 Å². The van der Waals surface area contributed by atoms with E-state index in [1.807, 2.05) is 12.1 Å². The van der Waals surface area contributed by atoms with Crippen LogP contribution in [0.1, 0.15) is 30.5 Å². The Balaban J connectivity index is 1.51. The number of nitrogens with zero attached hydrogens (tertiary/aromatic N) is 3. The predicted octanol–water partition coefficient (Wildman–Crippen LogP) is 6.78. The van der Waals surface area contributed by atoms with Gasteiger partial charge in [0.05, 0.1) is 28.7 Å². The molecular formula is C25H20FN3O2S2. The van der Waals surface area contributed by atoms with Gasteiger partial charge in [0.1, 0.15) is 27.7 Å². The van der Waals surface area contributed by atoms with Crippen molar-refractivity contribution in [2.75, 3.05) is 0 Å². The molecule has 0 bridgehead atoms. The first-order chi connectivity index (χ1) is 16.0. The first-order valence-electron chi connectivity index (χ1n) is 10.6. The van der Waals surface area contributed by atoms with E-state index in [-0.39, 0.29) is 11.4 Å². The van der Waals surface area contributed by atoms with Crippen LogP contribution in [0.15, 0.2) is 58.4 Å². The van der Waals surface area contributed by atoms with Crippen molar-refractivity contribution in [2.24, 2.45) is 0 Å². The second-order valence-electron chi connectivity index (χ2n) is 8.67. The number of halogens is 1. The molecule has 0 N–H and O–H groups in total. The molecule has 5 heterocycles. The lowest BCUT2D eigenvalue weighted by atomic mass is 9.89. The number of hydrogen-bond acceptors (Lipinski definition) is 7. The third-order valence-corrected chi connectivity index (χ3v) is 8.11. The zero-order chi connectivity index (χ0) is 22.6. The average Bonchev–Trinajstić information content (AvgIpc) is 3.45. The Bertz CT molecular complexity index is 1480. The second-order valence-corrected chi connectivity index (χ2v) is 10.6. The second kappa shape index (κ2) is 7.90. The van der Waals surface area contributed by atoms with Gasteiger partial charge in [0.25, 0.3) is 0 Å². The fraction of sp³-hybridized carbons (Fsp3) is 0.240. The zero-order valence-corrected chi connectivity index (χ0v) is 19.7. The van der Waals surface area contributed by atoms with E-state index in [2.05, 4.69) is 23.8 Å². The third kappa shape index (κ3) is 3.72. The molecule has 0 radical (unpaired) electrons. The van der Waals surface area contributed by atoms with Crippen LogP contribution in [-0.2, 0) is 23.5 Å². The molecule has 1 aliphatic heterocycles. The maximum Gasteiger partial charge on any atom is 0.152 e. The van der Waals surface area contributed by atoms with Gasteiger partial charge >= 0.3 is 0 Å². The highest BCUT2D eigenvalue weighted by atomic mass is 32.2. The monoisotopic (exact) mass is 477 g/mol. The number of thiophene rings is 1. The Labute approximate surface area is 198 Å². The quantitative estimate of drug-likeness (QED) is 0.210. The number of benzene rings is 1. The Morgan fingerprint density at radius 3 is 2.76 bits per heavy atom. The Morgan fingerprint density at radius 1 is 1.12 bits per heavy atom. The molecule has 0 saturated heterocycles. The number of aromatic nitrogens is 3. The van der Waals surface area contributed by atoms with Crippen molar-refractivity contribution in [3.8, 4) is 11.5 Å². The average molecular weight is 478 g/mol. The van der Waals surface area contributed by atoms with E-state index < -0.39 is 0 Å². The van der Waals surface area contributed by atoms with E-state index in [1.165, 1.54) is 17.7 Å². The van der Waals surface area contributed by atoms with Crippen LogP contribution in [-0.4, -0.2) is 20.6 Å². The van der Waals surface area contributed by atoms with Gasteiger partial charge in [-0.1, -0.05) is 12.1 Å². The van der Waals surface area contributed by atoms with E-state index in [1.54, 1.807) is 47.8 Å². The maximum absolute atomic E-state index is 13.3. The smallest absolute Gasteiger partial charge is 0.152 e. The van der Waals surface area contributed by atoms with Crippen molar-refractivity contribution in [1.29, 1.82) is 0 Å². The standard InChI is InChI=1S/C25H20FN3O2S2/c1-25(2)10-16-17(11-31-25)20(18-4-3-9-30-18)29-23-19(16)21-22(33-23)24(28-13-27-21)32-12-14-5-7-15(26)8-6-14/h3-9,13H,10-12H2,1-2H3. The summed E-state index contributed by atoms with van der Waals surface area (Å²) in [5.74, 6) is 1.21. The molecule has 5 nitrogen and oxygen atoms in total. The first kappa shape index (κ1) is 20.8. The molecule has 0 spiro atoms. The van der Waals surface area contributed by atoms with Gasteiger partial charge in [-0.15, -0.1) is 23.1 Å². The highest BCUT2D eigenvalue weighted by molar-refractivity contribution is 7.98. The summed E-state index contributed by atoms with van der Waals surface area (Å²) in [4.78, 5) is 15.2. The van der Waals surface area contributed by atoms with Crippen LogP contribution in [0, 0.1) is 5.82 Å². The zero-order valence-electron chi connectivity index (χ0n) is 18.1. The lowest BCUT2D eigenvalue weighted by Crippen LogP contribution is -2.32. The highest BCUT2D eigenvalue weighted by Gasteiger charge is 2.32. The Morgan fingerprint density at radius 2 is 1.97 bits per heavy atom. The van der Waals surface area contributed by atoms with Gasteiger partial charge in [-0.2, -0.15) is 0 Å². The molecule has 1 aliphatic rings. The summed E-state index contributed by atoms with van der Waals surface area (Å²) in [7, 11) is 0. The van der Waals surface area contributed by atoms with Gasteiger partial charge in [-0.25, -0.2) is 19.3 Å². The van der Waals surface area contributed by atoms with Gasteiger partial charge in [-0.3, -0.25) is 0 Å². The van der Waals surface area contributed by atoms with E-state index in [0.29, 0.717) is 12.4 Å². The summed E-state index contributed by atoms with van der Waals surface area (Å²) in [5, 5.41) is 2.00.